The lowest BCUT2D eigenvalue weighted by Gasteiger charge is -2.45. The highest BCUT2D eigenvalue weighted by Crippen LogP contribution is 2.41. The van der Waals surface area contributed by atoms with E-state index in [1.807, 2.05) is 6.07 Å². The fourth-order valence-electron chi connectivity index (χ4n) is 2.55. The summed E-state index contributed by atoms with van der Waals surface area (Å²) < 4.78 is 16.3. The van der Waals surface area contributed by atoms with E-state index in [1.54, 1.807) is 25.1 Å². The van der Waals surface area contributed by atoms with Crippen LogP contribution in [-0.4, -0.2) is 37.3 Å². The van der Waals surface area contributed by atoms with Crippen LogP contribution in [0.25, 0.3) is 0 Å². The molecular formula is C14H18N2O4. The number of hydrogen-bond acceptors (Lipinski definition) is 6. The monoisotopic (exact) mass is 278 g/mol. The standard InChI is InChI=1S/C14H18N2O4/c1-14(13(18-2)19-3)12(17)11(16)9-6-8(7-15)4-5-10(9)20-14/h4-6,11-13,17H,16H2,1-3H3/t11-,12+,14+/m1/s1. The van der Waals surface area contributed by atoms with Gasteiger partial charge in [0.1, 0.15) is 11.9 Å². The molecule has 6 heteroatoms. The summed E-state index contributed by atoms with van der Waals surface area (Å²) in [6, 6.07) is 6.27. The van der Waals surface area contributed by atoms with Gasteiger partial charge in [-0.05, 0) is 25.1 Å². The van der Waals surface area contributed by atoms with Gasteiger partial charge in [0.25, 0.3) is 0 Å². The number of nitriles is 1. The average Bonchev–Trinajstić information content (AvgIpc) is 2.46. The zero-order chi connectivity index (χ0) is 14.9. The Hall–Kier alpha value is -1.65. The van der Waals surface area contributed by atoms with E-state index >= 15 is 0 Å². The third kappa shape index (κ3) is 2.15. The van der Waals surface area contributed by atoms with Gasteiger partial charge >= 0.3 is 0 Å². The van der Waals surface area contributed by atoms with Crippen molar-refractivity contribution in [2.45, 2.75) is 31.0 Å². The fraction of sp³-hybridized carbons (Fsp3) is 0.500. The maximum atomic E-state index is 10.4. The summed E-state index contributed by atoms with van der Waals surface area (Å²) in [5.41, 5.74) is 6.01. The van der Waals surface area contributed by atoms with Crippen LogP contribution in [0.15, 0.2) is 18.2 Å². The fourth-order valence-corrected chi connectivity index (χ4v) is 2.55. The van der Waals surface area contributed by atoms with E-state index in [-0.39, 0.29) is 0 Å². The molecule has 3 N–H and O–H groups in total. The SMILES string of the molecule is COC(OC)[C@@]1(C)Oc2ccc(C#N)cc2[C@@H](N)[C@@H]1O. The van der Waals surface area contributed by atoms with Gasteiger partial charge < -0.3 is 25.1 Å². The molecule has 1 aliphatic rings. The van der Waals surface area contributed by atoms with E-state index in [2.05, 4.69) is 0 Å². The lowest BCUT2D eigenvalue weighted by molar-refractivity contribution is -0.237. The number of aliphatic hydroxyl groups excluding tert-OH is 1. The predicted molar refractivity (Wildman–Crippen MR) is 70.9 cm³/mol. The van der Waals surface area contributed by atoms with E-state index in [0.29, 0.717) is 16.9 Å². The van der Waals surface area contributed by atoms with Crippen LogP contribution < -0.4 is 10.5 Å². The molecule has 6 nitrogen and oxygen atoms in total. The lowest BCUT2D eigenvalue weighted by atomic mass is 9.84. The molecule has 1 aliphatic heterocycles. The molecule has 0 bridgehead atoms. The molecule has 0 aliphatic carbocycles. The summed E-state index contributed by atoms with van der Waals surface area (Å²) in [6.07, 6.45) is -1.80. The maximum absolute atomic E-state index is 10.4. The number of rotatable bonds is 3. The molecule has 0 amide bonds. The minimum atomic E-state index is -1.13. The number of methoxy groups -OCH3 is 2. The van der Waals surface area contributed by atoms with E-state index < -0.39 is 24.0 Å². The van der Waals surface area contributed by atoms with Crippen molar-refractivity contribution in [1.82, 2.24) is 0 Å². The first-order valence-corrected chi connectivity index (χ1v) is 6.20. The van der Waals surface area contributed by atoms with E-state index in [9.17, 15) is 5.11 Å². The summed E-state index contributed by atoms with van der Waals surface area (Å²) in [4.78, 5) is 0. The van der Waals surface area contributed by atoms with Crippen LogP contribution in [0.2, 0.25) is 0 Å². The zero-order valence-corrected chi connectivity index (χ0v) is 11.7. The van der Waals surface area contributed by atoms with E-state index in [0.717, 1.165) is 0 Å². The van der Waals surface area contributed by atoms with Crippen LogP contribution in [0.5, 0.6) is 5.75 Å². The number of aliphatic hydroxyl groups is 1. The van der Waals surface area contributed by atoms with Crippen molar-refractivity contribution in [1.29, 1.82) is 5.26 Å². The molecule has 0 radical (unpaired) electrons. The number of nitrogens with zero attached hydrogens (tertiary/aromatic N) is 1. The van der Waals surface area contributed by atoms with Crippen molar-refractivity contribution in [3.63, 3.8) is 0 Å². The zero-order valence-electron chi connectivity index (χ0n) is 11.7. The van der Waals surface area contributed by atoms with Gasteiger partial charge in [-0.25, -0.2) is 0 Å². The van der Waals surface area contributed by atoms with Gasteiger partial charge in [0.15, 0.2) is 11.9 Å². The summed E-state index contributed by atoms with van der Waals surface area (Å²) in [5, 5.41) is 19.4. The highest BCUT2D eigenvalue weighted by molar-refractivity contribution is 5.46. The van der Waals surface area contributed by atoms with Gasteiger partial charge in [0.2, 0.25) is 0 Å². The predicted octanol–water partition coefficient (Wildman–Crippen LogP) is 0.689. The lowest BCUT2D eigenvalue weighted by Crippen LogP contribution is -2.61. The maximum Gasteiger partial charge on any atom is 0.199 e. The number of ether oxygens (including phenoxy) is 3. The Kier molecular flexibility index (Phi) is 3.97. The van der Waals surface area contributed by atoms with Gasteiger partial charge in [-0.2, -0.15) is 5.26 Å². The Labute approximate surface area is 117 Å². The highest BCUT2D eigenvalue weighted by Gasteiger charge is 2.51. The average molecular weight is 278 g/mol. The number of hydrogen-bond donors (Lipinski definition) is 2. The molecule has 0 spiro atoms. The topological polar surface area (TPSA) is 97.7 Å². The van der Waals surface area contributed by atoms with Crippen LogP contribution in [0.4, 0.5) is 0 Å². The smallest absolute Gasteiger partial charge is 0.199 e. The van der Waals surface area contributed by atoms with Gasteiger partial charge in [-0.15, -0.1) is 0 Å². The second-order valence-corrected chi connectivity index (χ2v) is 4.92. The molecular weight excluding hydrogens is 260 g/mol. The quantitative estimate of drug-likeness (QED) is 0.789. The molecule has 1 heterocycles. The normalized spacial score (nSPS) is 28.6. The summed E-state index contributed by atoms with van der Waals surface area (Å²) in [6.45, 7) is 1.68. The molecule has 0 saturated heterocycles. The highest BCUT2D eigenvalue weighted by atomic mass is 16.7. The summed E-state index contributed by atoms with van der Waals surface area (Å²) in [5.74, 6) is 0.517. The third-order valence-electron chi connectivity index (χ3n) is 3.65. The van der Waals surface area contributed by atoms with Crippen LogP contribution in [0, 0.1) is 11.3 Å². The minimum absolute atomic E-state index is 0.466. The van der Waals surface area contributed by atoms with Gasteiger partial charge in [0, 0.05) is 19.8 Å². The molecule has 1 aromatic carbocycles. The Balaban J connectivity index is 2.47. The second-order valence-electron chi connectivity index (χ2n) is 4.92. The summed E-state index contributed by atoms with van der Waals surface area (Å²) in [7, 11) is 2.94. The molecule has 2 rings (SSSR count). The van der Waals surface area contributed by atoms with Crippen LogP contribution >= 0.6 is 0 Å². The molecule has 3 atom stereocenters. The second kappa shape index (κ2) is 5.38. The van der Waals surface area contributed by atoms with E-state index in [4.69, 9.17) is 25.2 Å². The first-order chi connectivity index (χ1) is 9.47. The van der Waals surface area contributed by atoms with Crippen molar-refractivity contribution < 1.29 is 19.3 Å². The van der Waals surface area contributed by atoms with Crippen molar-refractivity contribution in [3.05, 3.63) is 29.3 Å². The van der Waals surface area contributed by atoms with Crippen molar-refractivity contribution >= 4 is 0 Å². The molecule has 108 valence electrons. The molecule has 0 fully saturated rings. The Bertz CT molecular complexity index is 538. The van der Waals surface area contributed by atoms with Crippen molar-refractivity contribution in [2.75, 3.05) is 14.2 Å². The third-order valence-corrected chi connectivity index (χ3v) is 3.65. The first kappa shape index (κ1) is 14.8. The number of fused-ring (bicyclic) bond motifs is 1. The Morgan fingerprint density at radius 2 is 2.10 bits per heavy atom. The number of nitrogens with two attached hydrogens (primary N) is 1. The molecule has 0 saturated carbocycles. The van der Waals surface area contributed by atoms with E-state index in [1.165, 1.54) is 14.2 Å². The number of benzene rings is 1. The van der Waals surface area contributed by atoms with Gasteiger partial charge in [-0.1, -0.05) is 0 Å². The van der Waals surface area contributed by atoms with Gasteiger partial charge in [-0.3, -0.25) is 0 Å². The van der Waals surface area contributed by atoms with Gasteiger partial charge in [0.05, 0.1) is 17.7 Å². The molecule has 20 heavy (non-hydrogen) atoms. The Morgan fingerprint density at radius 1 is 1.45 bits per heavy atom. The van der Waals surface area contributed by atoms with Crippen LogP contribution in [-0.2, 0) is 9.47 Å². The molecule has 1 aromatic rings. The summed E-state index contributed by atoms with van der Waals surface area (Å²) >= 11 is 0. The Morgan fingerprint density at radius 3 is 2.65 bits per heavy atom. The van der Waals surface area contributed by atoms with Crippen LogP contribution in [0.3, 0.4) is 0 Å². The van der Waals surface area contributed by atoms with Crippen LogP contribution in [0.1, 0.15) is 24.1 Å². The van der Waals surface area contributed by atoms with Crippen molar-refractivity contribution in [3.8, 4) is 11.8 Å². The largest absolute Gasteiger partial charge is 0.479 e. The van der Waals surface area contributed by atoms with Crippen molar-refractivity contribution in [2.24, 2.45) is 5.73 Å². The minimum Gasteiger partial charge on any atom is -0.479 e. The molecule has 0 aromatic heterocycles. The molecule has 0 unspecified atom stereocenters. The first-order valence-electron chi connectivity index (χ1n) is 6.20.